The van der Waals surface area contributed by atoms with E-state index in [-0.39, 0.29) is 0 Å². The summed E-state index contributed by atoms with van der Waals surface area (Å²) in [7, 11) is 0. The minimum absolute atomic E-state index is 0.558. The fourth-order valence-corrected chi connectivity index (χ4v) is 15.1. The summed E-state index contributed by atoms with van der Waals surface area (Å²) in [6.07, 6.45) is 0. The quantitative estimate of drug-likeness (QED) is 0.122. The molecule has 0 aliphatic carbocycles. The maximum absolute atomic E-state index is 5.49. The first-order chi connectivity index (χ1) is 49.1. The van der Waals surface area contributed by atoms with Crippen molar-refractivity contribution < 1.29 is 0 Å². The van der Waals surface area contributed by atoms with Crippen molar-refractivity contribution in [2.75, 3.05) is 0 Å². The third kappa shape index (κ3) is 9.84. The number of hydrogen-bond donors (Lipinski definition) is 0. The van der Waals surface area contributed by atoms with Gasteiger partial charge in [0.2, 0.25) is 0 Å². The van der Waals surface area contributed by atoms with Gasteiger partial charge in [-0.3, -0.25) is 0 Å². The van der Waals surface area contributed by atoms with Crippen molar-refractivity contribution in [1.82, 2.24) is 28.7 Å². The topological polar surface area (TPSA) is 53.5 Å². The SMILES string of the molecule is c1ccc(-c2ccc(-c3cc(-c4nc(-c5ccccc5)nc(-c5ccccc5)n4)cc(-c4ccc(-c5ccccc5)cc4)c3-n3c4cc(-n5c6ccccc6c6ccccc65)c(-c5ccccc5)cc4c4cc(-c5ccccc5)c(-n5c6ccccc6c6ccccc65)cc43)cc2)cc1. The second-order valence-electron chi connectivity index (χ2n) is 25.4. The van der Waals surface area contributed by atoms with Crippen LogP contribution in [0, 0.1) is 0 Å². The fourth-order valence-electron chi connectivity index (χ4n) is 15.1. The zero-order chi connectivity index (χ0) is 65.3. The summed E-state index contributed by atoms with van der Waals surface area (Å²) in [5, 5.41) is 6.99. The Morgan fingerprint density at radius 3 is 0.747 bits per heavy atom. The van der Waals surface area contributed by atoms with Crippen molar-refractivity contribution in [3.05, 3.63) is 364 Å². The number of hydrogen-bond acceptors (Lipinski definition) is 3. The van der Waals surface area contributed by atoms with E-state index in [1.165, 1.54) is 21.5 Å². The Morgan fingerprint density at radius 2 is 0.414 bits per heavy atom. The molecule has 0 N–H and O–H groups in total. The van der Waals surface area contributed by atoms with E-state index in [1.807, 2.05) is 36.4 Å². The predicted octanol–water partition coefficient (Wildman–Crippen LogP) is 24.2. The molecule has 19 rings (SSSR count). The Hall–Kier alpha value is -13.3. The smallest absolute Gasteiger partial charge is 0.164 e. The third-order valence-electron chi connectivity index (χ3n) is 19.7. The average Bonchev–Trinajstić information content (AvgIpc) is 1.54. The fraction of sp³-hybridized carbons (Fsp3) is 0. The lowest BCUT2D eigenvalue weighted by molar-refractivity contribution is 1.07. The maximum atomic E-state index is 5.49. The van der Waals surface area contributed by atoms with Crippen LogP contribution in [0.4, 0.5) is 0 Å². The maximum Gasteiger partial charge on any atom is 0.164 e. The summed E-state index contributed by atoms with van der Waals surface area (Å²) in [6, 6.07) is 132. The average molecular weight is 1260 g/mol. The molecular weight excluding hydrogens is 1200 g/mol. The van der Waals surface area contributed by atoms with E-state index >= 15 is 0 Å². The highest BCUT2D eigenvalue weighted by Crippen LogP contribution is 2.50. The van der Waals surface area contributed by atoms with E-state index in [9.17, 15) is 0 Å². The molecule has 462 valence electrons. The monoisotopic (exact) mass is 1260 g/mol. The van der Waals surface area contributed by atoms with Crippen molar-refractivity contribution in [3.63, 3.8) is 0 Å². The Labute approximate surface area is 572 Å². The molecule has 0 fully saturated rings. The number of benzene rings is 15. The van der Waals surface area contributed by atoms with Gasteiger partial charge in [0.15, 0.2) is 17.5 Å². The van der Waals surface area contributed by atoms with E-state index in [0.717, 1.165) is 144 Å². The summed E-state index contributed by atoms with van der Waals surface area (Å²) in [5.74, 6) is 1.74. The standard InChI is InChI=1S/C93H60N6/c1-7-27-61(28-8-1)63-47-51-67(52-48-63)78-55-71(93-95-91(69-35-15-5-16-36-69)94-92(96-93)70-37-17-6-18-38-70)56-79(68-53-49-64(50-54-68)62-29-9-2-10-30-62)90(78)99-88-59-86(97-82-43-23-19-39-72(82)73-40-20-24-44-83(73)97)76(65-31-11-3-12-32-65)57-80(88)81-58-77(66-33-13-4-14-34-66)87(60-89(81)99)98-84-45-25-21-41-74(84)75-42-22-26-46-85(75)98/h1-60H. The highest BCUT2D eigenvalue weighted by molar-refractivity contribution is 6.17. The normalized spacial score (nSPS) is 11.6. The molecule has 0 unspecified atom stereocenters. The lowest BCUT2D eigenvalue weighted by Gasteiger charge is -2.23. The molecule has 0 saturated heterocycles. The second-order valence-corrected chi connectivity index (χ2v) is 25.4. The van der Waals surface area contributed by atoms with Crippen molar-refractivity contribution in [1.29, 1.82) is 0 Å². The molecule has 0 spiro atoms. The van der Waals surface area contributed by atoms with Crippen LogP contribution >= 0.6 is 0 Å². The molecule has 0 aliphatic rings. The third-order valence-corrected chi connectivity index (χ3v) is 19.7. The van der Waals surface area contributed by atoms with Gasteiger partial charge in [-0.1, -0.05) is 303 Å². The summed E-state index contributed by atoms with van der Waals surface area (Å²) in [4.78, 5) is 16.2. The van der Waals surface area contributed by atoms with Crippen LogP contribution in [0.1, 0.15) is 0 Å². The Balaban J connectivity index is 1.01. The molecule has 6 heteroatoms. The van der Waals surface area contributed by atoms with E-state index in [2.05, 4.69) is 341 Å². The Kier molecular flexibility index (Phi) is 13.8. The van der Waals surface area contributed by atoms with Gasteiger partial charge in [-0.05, 0) is 105 Å². The number of fused-ring (bicyclic) bond motifs is 9. The van der Waals surface area contributed by atoms with Gasteiger partial charge in [-0.25, -0.2) is 15.0 Å². The van der Waals surface area contributed by atoms with Crippen molar-refractivity contribution in [2.45, 2.75) is 0 Å². The first-order valence-electron chi connectivity index (χ1n) is 33.7. The van der Waals surface area contributed by atoms with Gasteiger partial charge in [-0.2, -0.15) is 0 Å². The summed E-state index contributed by atoms with van der Waals surface area (Å²) >= 11 is 0. The molecular formula is C93H60N6. The van der Waals surface area contributed by atoms with Crippen LogP contribution in [-0.4, -0.2) is 28.7 Å². The molecule has 0 aliphatic heterocycles. The van der Waals surface area contributed by atoms with E-state index in [0.29, 0.717) is 17.5 Å². The lowest BCUT2D eigenvalue weighted by atomic mass is 9.91. The van der Waals surface area contributed by atoms with Crippen LogP contribution in [0.2, 0.25) is 0 Å². The highest BCUT2D eigenvalue weighted by atomic mass is 15.1. The molecule has 15 aromatic carbocycles. The van der Waals surface area contributed by atoms with Gasteiger partial charge in [0.25, 0.3) is 0 Å². The Morgan fingerprint density at radius 1 is 0.162 bits per heavy atom. The molecule has 99 heavy (non-hydrogen) atoms. The molecule has 0 bridgehead atoms. The summed E-state index contributed by atoms with van der Waals surface area (Å²) in [5.41, 5.74) is 25.4. The predicted molar refractivity (Wildman–Crippen MR) is 412 cm³/mol. The summed E-state index contributed by atoms with van der Waals surface area (Å²) in [6.45, 7) is 0. The lowest BCUT2D eigenvalue weighted by Crippen LogP contribution is -2.05. The molecule has 0 amide bonds. The first-order valence-corrected chi connectivity index (χ1v) is 33.7. The number of nitrogens with zero attached hydrogens (tertiary/aromatic N) is 6. The van der Waals surface area contributed by atoms with E-state index in [1.54, 1.807) is 0 Å². The minimum Gasteiger partial charge on any atom is -0.309 e. The van der Waals surface area contributed by atoms with Gasteiger partial charge in [-0.15, -0.1) is 0 Å². The largest absolute Gasteiger partial charge is 0.309 e. The molecule has 19 aromatic rings. The van der Waals surface area contributed by atoms with Gasteiger partial charge >= 0.3 is 0 Å². The molecule has 0 saturated carbocycles. The van der Waals surface area contributed by atoms with E-state index in [4.69, 9.17) is 15.0 Å². The van der Waals surface area contributed by atoms with Crippen LogP contribution in [0.3, 0.4) is 0 Å². The van der Waals surface area contributed by atoms with Crippen LogP contribution < -0.4 is 0 Å². The van der Waals surface area contributed by atoms with Gasteiger partial charge in [0.1, 0.15) is 0 Å². The zero-order valence-corrected chi connectivity index (χ0v) is 53.8. The van der Waals surface area contributed by atoms with E-state index < -0.39 is 0 Å². The van der Waals surface area contributed by atoms with Crippen LogP contribution in [0.15, 0.2) is 364 Å². The van der Waals surface area contributed by atoms with Crippen LogP contribution in [0.5, 0.6) is 0 Å². The van der Waals surface area contributed by atoms with Crippen LogP contribution in [-0.2, 0) is 0 Å². The number of rotatable bonds is 12. The van der Waals surface area contributed by atoms with Crippen LogP contribution in [0.25, 0.3) is 183 Å². The zero-order valence-electron chi connectivity index (χ0n) is 53.8. The van der Waals surface area contributed by atoms with Crippen molar-refractivity contribution in [3.8, 4) is 118 Å². The molecule has 0 atom stereocenters. The Bertz CT molecular complexity index is 5800. The molecule has 4 heterocycles. The van der Waals surface area contributed by atoms with Gasteiger partial charge in [0.05, 0.1) is 50.2 Å². The number of aromatic nitrogens is 6. The van der Waals surface area contributed by atoms with Crippen molar-refractivity contribution >= 4 is 65.4 Å². The van der Waals surface area contributed by atoms with Crippen molar-refractivity contribution in [2.24, 2.45) is 0 Å². The first kappa shape index (κ1) is 57.2. The molecule has 6 nitrogen and oxygen atoms in total. The molecule has 0 radical (unpaired) electrons. The number of para-hydroxylation sites is 4. The minimum atomic E-state index is 0.558. The molecule has 4 aromatic heterocycles. The highest BCUT2D eigenvalue weighted by Gasteiger charge is 2.28. The summed E-state index contributed by atoms with van der Waals surface area (Å²) < 4.78 is 7.60. The van der Waals surface area contributed by atoms with Gasteiger partial charge < -0.3 is 13.7 Å². The van der Waals surface area contributed by atoms with Gasteiger partial charge in [0, 0.05) is 71.3 Å². The second kappa shape index (κ2) is 23.9.